The van der Waals surface area contributed by atoms with Crippen LogP contribution in [-0.2, 0) is 4.79 Å². The van der Waals surface area contributed by atoms with Gasteiger partial charge in [-0.25, -0.2) is 0 Å². The van der Waals surface area contributed by atoms with Crippen LogP contribution in [-0.4, -0.2) is 17.5 Å². The van der Waals surface area contributed by atoms with Crippen molar-refractivity contribution in [2.75, 3.05) is 6.61 Å². The fourth-order valence-electron chi connectivity index (χ4n) is 6.63. The molecule has 0 aliphatic heterocycles. The lowest BCUT2D eigenvalue weighted by Crippen LogP contribution is -2.51. The first-order valence-electron chi connectivity index (χ1n) is 8.94. The van der Waals surface area contributed by atoms with Crippen LogP contribution in [0.1, 0.15) is 64.7 Å². The minimum absolute atomic E-state index is 0.253. The Bertz CT molecular complexity index is 494. The van der Waals surface area contributed by atoms with Gasteiger partial charge in [-0.2, -0.15) is 0 Å². The van der Waals surface area contributed by atoms with Gasteiger partial charge in [-0.05, 0) is 79.6 Å². The third-order valence-electron chi connectivity index (χ3n) is 7.80. The Morgan fingerprint density at radius 1 is 1.14 bits per heavy atom. The van der Waals surface area contributed by atoms with Crippen LogP contribution >= 0.6 is 0 Å². The van der Waals surface area contributed by atoms with Gasteiger partial charge in [-0.1, -0.05) is 18.9 Å². The Hall–Kier alpha value is -0.630. The van der Waals surface area contributed by atoms with Crippen molar-refractivity contribution in [1.29, 1.82) is 0 Å². The quantitative estimate of drug-likeness (QED) is 0.795. The SMILES string of the molecule is C[C@]12CCC(=O)C=C1CC[C@H]1[C@@H]3CCC[C@@]3(CO)CC[C@@H]12. The molecule has 21 heavy (non-hydrogen) atoms. The molecule has 4 aliphatic carbocycles. The van der Waals surface area contributed by atoms with E-state index in [0.717, 1.165) is 37.0 Å². The number of fused-ring (bicyclic) bond motifs is 5. The maximum Gasteiger partial charge on any atom is 0.155 e. The van der Waals surface area contributed by atoms with Gasteiger partial charge in [-0.3, -0.25) is 4.79 Å². The zero-order valence-corrected chi connectivity index (χ0v) is 13.2. The van der Waals surface area contributed by atoms with Crippen LogP contribution < -0.4 is 0 Å². The van der Waals surface area contributed by atoms with Crippen LogP contribution in [0.4, 0.5) is 0 Å². The monoisotopic (exact) mass is 288 g/mol. The highest BCUT2D eigenvalue weighted by molar-refractivity contribution is 5.91. The molecule has 0 heterocycles. The first-order chi connectivity index (χ1) is 10.1. The first kappa shape index (κ1) is 14.0. The lowest BCUT2D eigenvalue weighted by Gasteiger charge is -2.57. The van der Waals surface area contributed by atoms with Crippen molar-refractivity contribution in [3.05, 3.63) is 11.6 Å². The summed E-state index contributed by atoms with van der Waals surface area (Å²) in [6.45, 7) is 2.84. The average molecular weight is 288 g/mol. The summed E-state index contributed by atoms with van der Waals surface area (Å²) in [5.74, 6) is 2.65. The molecule has 116 valence electrons. The van der Waals surface area contributed by atoms with Crippen molar-refractivity contribution >= 4 is 5.78 Å². The molecule has 0 saturated heterocycles. The third kappa shape index (κ3) is 1.84. The van der Waals surface area contributed by atoms with E-state index < -0.39 is 0 Å². The molecular weight excluding hydrogens is 260 g/mol. The molecule has 2 nitrogen and oxygen atoms in total. The minimum atomic E-state index is 0.253. The number of allylic oxidation sites excluding steroid dienone is 1. The summed E-state index contributed by atoms with van der Waals surface area (Å²) in [5, 5.41) is 10.0. The predicted molar refractivity (Wildman–Crippen MR) is 82.7 cm³/mol. The summed E-state index contributed by atoms with van der Waals surface area (Å²) >= 11 is 0. The van der Waals surface area contributed by atoms with Gasteiger partial charge in [0.15, 0.2) is 5.78 Å². The Labute approximate surface area is 128 Å². The predicted octanol–water partition coefficient (Wildman–Crippen LogP) is 3.88. The molecule has 0 aromatic carbocycles. The molecule has 3 fully saturated rings. The number of hydrogen-bond donors (Lipinski definition) is 1. The molecule has 5 atom stereocenters. The van der Waals surface area contributed by atoms with E-state index in [-0.39, 0.29) is 10.8 Å². The van der Waals surface area contributed by atoms with Crippen LogP contribution in [0.15, 0.2) is 11.6 Å². The molecule has 3 saturated carbocycles. The van der Waals surface area contributed by atoms with E-state index in [1.165, 1.54) is 44.1 Å². The van der Waals surface area contributed by atoms with Crippen molar-refractivity contribution in [2.45, 2.75) is 64.7 Å². The number of carbonyl (C=O) groups is 1. The standard InChI is InChI=1S/C19H28O2/c1-18-9-6-14(21)11-13(18)4-5-15-16(18)7-10-19(12-20)8-2-3-17(15)19/h11,15-17,20H,2-10,12H2,1H3/t15-,16+,17+,18+,19+/m1/s1. The molecule has 4 aliphatic rings. The maximum absolute atomic E-state index is 11.8. The van der Waals surface area contributed by atoms with Gasteiger partial charge in [-0.15, -0.1) is 0 Å². The normalized spacial score (nSPS) is 49.1. The molecule has 0 aromatic rings. The van der Waals surface area contributed by atoms with E-state index in [9.17, 15) is 9.90 Å². The van der Waals surface area contributed by atoms with Gasteiger partial charge in [0.25, 0.3) is 0 Å². The van der Waals surface area contributed by atoms with Crippen molar-refractivity contribution in [2.24, 2.45) is 28.6 Å². The topological polar surface area (TPSA) is 37.3 Å². The van der Waals surface area contributed by atoms with E-state index in [0.29, 0.717) is 12.4 Å². The average Bonchev–Trinajstić information content (AvgIpc) is 2.92. The minimum Gasteiger partial charge on any atom is -0.396 e. The zero-order valence-electron chi connectivity index (χ0n) is 13.2. The molecule has 0 aromatic heterocycles. The second-order valence-corrected chi connectivity index (χ2v) is 8.42. The number of ketones is 1. The molecular formula is C19H28O2. The summed E-state index contributed by atoms with van der Waals surface area (Å²) in [7, 11) is 0. The van der Waals surface area contributed by atoms with Crippen molar-refractivity contribution in [3.8, 4) is 0 Å². The number of hydrogen-bond acceptors (Lipinski definition) is 2. The molecule has 0 bridgehead atoms. The van der Waals surface area contributed by atoms with Crippen molar-refractivity contribution < 1.29 is 9.90 Å². The summed E-state index contributed by atoms with van der Waals surface area (Å²) in [6.07, 6.45) is 12.6. The van der Waals surface area contributed by atoms with Gasteiger partial charge in [0.2, 0.25) is 0 Å². The Morgan fingerprint density at radius 3 is 2.81 bits per heavy atom. The molecule has 2 heteroatoms. The molecule has 1 N–H and O–H groups in total. The Balaban J connectivity index is 1.68. The number of aliphatic hydroxyl groups is 1. The van der Waals surface area contributed by atoms with Crippen LogP contribution in [0.5, 0.6) is 0 Å². The van der Waals surface area contributed by atoms with E-state index in [4.69, 9.17) is 0 Å². The molecule has 0 amide bonds. The smallest absolute Gasteiger partial charge is 0.155 e. The van der Waals surface area contributed by atoms with Gasteiger partial charge in [0.05, 0.1) is 0 Å². The highest BCUT2D eigenvalue weighted by Crippen LogP contribution is 2.65. The van der Waals surface area contributed by atoms with Crippen molar-refractivity contribution in [3.63, 3.8) is 0 Å². The zero-order chi connectivity index (χ0) is 14.7. The van der Waals surface area contributed by atoms with E-state index in [1.54, 1.807) is 0 Å². The van der Waals surface area contributed by atoms with Crippen molar-refractivity contribution in [1.82, 2.24) is 0 Å². The van der Waals surface area contributed by atoms with E-state index >= 15 is 0 Å². The number of rotatable bonds is 1. The molecule has 0 spiro atoms. The fourth-order valence-corrected chi connectivity index (χ4v) is 6.63. The van der Waals surface area contributed by atoms with Crippen LogP contribution in [0.3, 0.4) is 0 Å². The summed E-state index contributed by atoms with van der Waals surface area (Å²) in [6, 6.07) is 0. The van der Waals surface area contributed by atoms with E-state index in [2.05, 4.69) is 6.92 Å². The lowest BCUT2D eigenvalue weighted by atomic mass is 9.47. The number of aliphatic hydroxyl groups excluding tert-OH is 1. The Kier molecular flexibility index (Phi) is 3.12. The third-order valence-corrected chi connectivity index (χ3v) is 7.80. The van der Waals surface area contributed by atoms with Crippen LogP contribution in [0.25, 0.3) is 0 Å². The van der Waals surface area contributed by atoms with Gasteiger partial charge < -0.3 is 5.11 Å². The molecule has 0 unspecified atom stereocenters. The highest BCUT2D eigenvalue weighted by atomic mass is 16.3. The van der Waals surface area contributed by atoms with Gasteiger partial charge in [0, 0.05) is 13.0 Å². The lowest BCUT2D eigenvalue weighted by molar-refractivity contribution is -0.117. The summed E-state index contributed by atoms with van der Waals surface area (Å²) in [5.41, 5.74) is 1.99. The summed E-state index contributed by atoms with van der Waals surface area (Å²) in [4.78, 5) is 11.8. The maximum atomic E-state index is 11.8. The van der Waals surface area contributed by atoms with Gasteiger partial charge in [0.1, 0.15) is 0 Å². The summed E-state index contributed by atoms with van der Waals surface area (Å²) < 4.78 is 0. The van der Waals surface area contributed by atoms with E-state index in [1.807, 2.05) is 6.08 Å². The van der Waals surface area contributed by atoms with Crippen LogP contribution in [0.2, 0.25) is 0 Å². The number of carbonyl (C=O) groups excluding carboxylic acids is 1. The highest BCUT2D eigenvalue weighted by Gasteiger charge is 2.57. The second-order valence-electron chi connectivity index (χ2n) is 8.42. The molecule has 0 radical (unpaired) electrons. The van der Waals surface area contributed by atoms with Gasteiger partial charge >= 0.3 is 0 Å². The molecule has 4 rings (SSSR count). The Morgan fingerprint density at radius 2 is 2.00 bits per heavy atom. The largest absolute Gasteiger partial charge is 0.396 e. The fraction of sp³-hybridized carbons (Fsp3) is 0.842. The second kappa shape index (κ2) is 4.68. The first-order valence-corrected chi connectivity index (χ1v) is 8.94. The van der Waals surface area contributed by atoms with Crippen LogP contribution in [0, 0.1) is 28.6 Å².